The third-order valence-corrected chi connectivity index (χ3v) is 3.46. The Labute approximate surface area is 123 Å². The van der Waals surface area contributed by atoms with Crippen molar-refractivity contribution in [3.8, 4) is 11.1 Å². The molecule has 1 aromatic carbocycles. The van der Waals surface area contributed by atoms with Crippen LogP contribution in [0.1, 0.15) is 44.7 Å². The standard InChI is InChI=1S/C16H20F2N2O/c1-2-3-4-5-6-7-14-15(16(19)21-20-14)11-8-12(17)10-13(18)9-11/h8-10H,2-7,19H2,1H3. The highest BCUT2D eigenvalue weighted by Crippen LogP contribution is 2.31. The van der Waals surface area contributed by atoms with Crippen LogP contribution in [0.4, 0.5) is 14.7 Å². The van der Waals surface area contributed by atoms with Gasteiger partial charge in [0.1, 0.15) is 11.6 Å². The fraction of sp³-hybridized carbons (Fsp3) is 0.438. The predicted octanol–water partition coefficient (Wildman–Crippen LogP) is 4.71. The highest BCUT2D eigenvalue weighted by molar-refractivity contribution is 5.75. The Morgan fingerprint density at radius 3 is 2.38 bits per heavy atom. The second-order valence-electron chi connectivity index (χ2n) is 5.19. The third-order valence-electron chi connectivity index (χ3n) is 3.46. The molecule has 0 bridgehead atoms. The van der Waals surface area contributed by atoms with Gasteiger partial charge >= 0.3 is 0 Å². The number of nitrogens with zero attached hydrogens (tertiary/aromatic N) is 1. The Morgan fingerprint density at radius 1 is 1.05 bits per heavy atom. The Balaban J connectivity index is 2.14. The molecule has 0 aliphatic rings. The Bertz CT molecular complexity index is 576. The molecule has 5 heteroatoms. The summed E-state index contributed by atoms with van der Waals surface area (Å²) in [6.07, 6.45) is 6.31. The van der Waals surface area contributed by atoms with Crippen LogP contribution in [0.2, 0.25) is 0 Å². The molecule has 0 radical (unpaired) electrons. The van der Waals surface area contributed by atoms with E-state index in [-0.39, 0.29) is 5.88 Å². The highest BCUT2D eigenvalue weighted by Gasteiger charge is 2.17. The number of anilines is 1. The summed E-state index contributed by atoms with van der Waals surface area (Å²) in [6.45, 7) is 2.16. The van der Waals surface area contributed by atoms with E-state index in [0.29, 0.717) is 23.2 Å². The lowest BCUT2D eigenvalue weighted by atomic mass is 10.0. The van der Waals surface area contributed by atoms with E-state index >= 15 is 0 Å². The van der Waals surface area contributed by atoms with Gasteiger partial charge < -0.3 is 10.3 Å². The quantitative estimate of drug-likeness (QED) is 0.752. The maximum absolute atomic E-state index is 13.3. The van der Waals surface area contributed by atoms with Crippen LogP contribution in [0, 0.1) is 11.6 Å². The van der Waals surface area contributed by atoms with Crippen molar-refractivity contribution in [2.24, 2.45) is 0 Å². The molecule has 0 aliphatic carbocycles. The fourth-order valence-corrected chi connectivity index (χ4v) is 2.41. The summed E-state index contributed by atoms with van der Waals surface area (Å²) in [5.41, 5.74) is 7.29. The minimum atomic E-state index is -0.639. The van der Waals surface area contributed by atoms with Gasteiger partial charge in [-0.15, -0.1) is 0 Å². The normalized spacial score (nSPS) is 11.0. The molecule has 114 valence electrons. The molecule has 2 aromatic rings. The molecule has 2 rings (SSSR count). The molecule has 0 spiro atoms. The summed E-state index contributed by atoms with van der Waals surface area (Å²) >= 11 is 0. The van der Waals surface area contributed by atoms with Crippen LogP contribution in [0.5, 0.6) is 0 Å². The minimum Gasteiger partial charge on any atom is -0.367 e. The van der Waals surface area contributed by atoms with Gasteiger partial charge in [-0.3, -0.25) is 0 Å². The van der Waals surface area contributed by atoms with Gasteiger partial charge in [0.2, 0.25) is 5.88 Å². The van der Waals surface area contributed by atoms with Gasteiger partial charge in [-0.1, -0.05) is 37.8 Å². The molecule has 0 atom stereocenters. The van der Waals surface area contributed by atoms with E-state index in [1.165, 1.54) is 31.4 Å². The van der Waals surface area contributed by atoms with Crippen LogP contribution in [-0.4, -0.2) is 5.16 Å². The summed E-state index contributed by atoms with van der Waals surface area (Å²) in [5, 5.41) is 3.92. The van der Waals surface area contributed by atoms with Gasteiger partial charge in [0, 0.05) is 6.07 Å². The van der Waals surface area contributed by atoms with Crippen LogP contribution in [-0.2, 0) is 6.42 Å². The van der Waals surface area contributed by atoms with Crippen molar-refractivity contribution in [3.63, 3.8) is 0 Å². The van der Waals surface area contributed by atoms with Crippen LogP contribution < -0.4 is 5.73 Å². The Kier molecular flexibility index (Phi) is 5.31. The number of hydrogen-bond acceptors (Lipinski definition) is 3. The number of nitrogens with two attached hydrogens (primary N) is 1. The number of hydrogen-bond donors (Lipinski definition) is 1. The number of rotatable bonds is 7. The van der Waals surface area contributed by atoms with E-state index < -0.39 is 11.6 Å². The summed E-state index contributed by atoms with van der Waals surface area (Å²) < 4.78 is 31.7. The molecule has 1 aromatic heterocycles. The smallest absolute Gasteiger partial charge is 0.230 e. The summed E-state index contributed by atoms with van der Waals surface area (Å²) in [5.74, 6) is -1.18. The molecular weight excluding hydrogens is 274 g/mol. The van der Waals surface area contributed by atoms with Crippen LogP contribution in [0.3, 0.4) is 0 Å². The topological polar surface area (TPSA) is 52.0 Å². The van der Waals surface area contributed by atoms with E-state index in [4.69, 9.17) is 10.3 Å². The second kappa shape index (κ2) is 7.20. The minimum absolute atomic E-state index is 0.101. The monoisotopic (exact) mass is 294 g/mol. The van der Waals surface area contributed by atoms with Gasteiger partial charge in [-0.05, 0) is 30.5 Å². The molecule has 0 amide bonds. The first-order valence-corrected chi connectivity index (χ1v) is 7.32. The number of halogens is 2. The number of aryl methyl sites for hydroxylation is 1. The number of benzene rings is 1. The molecular formula is C16H20F2N2O. The number of nitrogen functional groups attached to an aromatic ring is 1. The van der Waals surface area contributed by atoms with Crippen LogP contribution >= 0.6 is 0 Å². The lowest BCUT2D eigenvalue weighted by Gasteiger charge is -2.04. The molecule has 21 heavy (non-hydrogen) atoms. The zero-order valence-corrected chi connectivity index (χ0v) is 12.2. The molecule has 0 saturated carbocycles. The van der Waals surface area contributed by atoms with Crippen molar-refractivity contribution in [2.45, 2.75) is 45.4 Å². The summed E-state index contributed by atoms with van der Waals surface area (Å²) in [6, 6.07) is 3.32. The predicted molar refractivity (Wildman–Crippen MR) is 78.7 cm³/mol. The third kappa shape index (κ3) is 4.03. The number of unbranched alkanes of at least 4 members (excludes halogenated alkanes) is 4. The maximum Gasteiger partial charge on any atom is 0.230 e. The van der Waals surface area contributed by atoms with E-state index in [0.717, 1.165) is 18.9 Å². The van der Waals surface area contributed by atoms with Gasteiger partial charge in [-0.25, -0.2) is 8.78 Å². The van der Waals surface area contributed by atoms with Crippen molar-refractivity contribution in [1.29, 1.82) is 0 Å². The first-order chi connectivity index (χ1) is 10.1. The second-order valence-corrected chi connectivity index (χ2v) is 5.19. The highest BCUT2D eigenvalue weighted by atomic mass is 19.1. The summed E-state index contributed by atoms with van der Waals surface area (Å²) in [7, 11) is 0. The molecule has 0 fully saturated rings. The van der Waals surface area contributed by atoms with Crippen LogP contribution in [0.25, 0.3) is 11.1 Å². The zero-order valence-electron chi connectivity index (χ0n) is 12.2. The molecule has 0 unspecified atom stereocenters. The van der Waals surface area contributed by atoms with Crippen molar-refractivity contribution in [2.75, 3.05) is 5.73 Å². The van der Waals surface area contributed by atoms with E-state index in [2.05, 4.69) is 12.1 Å². The molecule has 0 aliphatic heterocycles. The SMILES string of the molecule is CCCCCCCc1noc(N)c1-c1cc(F)cc(F)c1. The van der Waals surface area contributed by atoms with E-state index in [1.54, 1.807) is 0 Å². The molecule has 1 heterocycles. The van der Waals surface area contributed by atoms with Crippen molar-refractivity contribution < 1.29 is 13.3 Å². The van der Waals surface area contributed by atoms with Gasteiger partial charge in [0.25, 0.3) is 0 Å². The Morgan fingerprint density at radius 2 is 1.71 bits per heavy atom. The maximum atomic E-state index is 13.3. The van der Waals surface area contributed by atoms with Crippen molar-refractivity contribution >= 4 is 5.88 Å². The van der Waals surface area contributed by atoms with Gasteiger partial charge in [0.05, 0.1) is 11.3 Å². The van der Waals surface area contributed by atoms with Gasteiger partial charge in [0.15, 0.2) is 0 Å². The van der Waals surface area contributed by atoms with Crippen molar-refractivity contribution in [1.82, 2.24) is 5.16 Å². The largest absolute Gasteiger partial charge is 0.367 e. The average molecular weight is 294 g/mol. The first-order valence-electron chi connectivity index (χ1n) is 7.32. The molecule has 3 nitrogen and oxygen atoms in total. The fourth-order valence-electron chi connectivity index (χ4n) is 2.41. The average Bonchev–Trinajstić information content (AvgIpc) is 2.78. The van der Waals surface area contributed by atoms with Crippen LogP contribution in [0.15, 0.2) is 22.7 Å². The van der Waals surface area contributed by atoms with E-state index in [9.17, 15) is 8.78 Å². The first kappa shape index (κ1) is 15.5. The zero-order chi connectivity index (χ0) is 15.2. The molecule has 0 saturated heterocycles. The Hall–Kier alpha value is -1.91. The lowest BCUT2D eigenvalue weighted by molar-refractivity contribution is 0.426. The number of aromatic nitrogens is 1. The van der Waals surface area contributed by atoms with Gasteiger partial charge in [-0.2, -0.15) is 0 Å². The van der Waals surface area contributed by atoms with E-state index in [1.807, 2.05) is 0 Å². The lowest BCUT2D eigenvalue weighted by Crippen LogP contribution is -1.93. The van der Waals surface area contributed by atoms with Crippen molar-refractivity contribution in [3.05, 3.63) is 35.5 Å². The summed E-state index contributed by atoms with van der Waals surface area (Å²) in [4.78, 5) is 0. The molecule has 2 N–H and O–H groups in total.